The summed E-state index contributed by atoms with van der Waals surface area (Å²) < 4.78 is 38.6. The van der Waals surface area contributed by atoms with E-state index in [9.17, 15) is 18.0 Å². The van der Waals surface area contributed by atoms with Gasteiger partial charge in [-0.3, -0.25) is 4.79 Å². The number of nitrogens with one attached hydrogen (secondary N) is 3. The fourth-order valence-electron chi connectivity index (χ4n) is 1.77. The van der Waals surface area contributed by atoms with Crippen molar-refractivity contribution < 1.29 is 18.0 Å². The molecule has 1 aromatic heterocycles. The Morgan fingerprint density at radius 3 is 2.54 bits per heavy atom. The quantitative estimate of drug-likeness (QED) is 0.236. The number of aromatic nitrogens is 1. The minimum Gasteiger partial charge on any atom is -0.368 e. The highest BCUT2D eigenvalue weighted by Crippen LogP contribution is 2.33. The van der Waals surface area contributed by atoms with Crippen LogP contribution in [0, 0.1) is 0 Å². The number of alkyl halides is 3. The number of halogens is 4. The van der Waals surface area contributed by atoms with E-state index in [1.807, 2.05) is 6.92 Å². The van der Waals surface area contributed by atoms with Crippen LogP contribution < -0.4 is 16.0 Å². The predicted molar refractivity (Wildman–Crippen MR) is 106 cm³/mol. The van der Waals surface area contributed by atoms with Gasteiger partial charge in [0.25, 0.3) is 0 Å². The van der Waals surface area contributed by atoms with Gasteiger partial charge in [0, 0.05) is 39.9 Å². The third kappa shape index (κ3) is 8.54. The van der Waals surface area contributed by atoms with Crippen molar-refractivity contribution in [1.82, 2.24) is 20.5 Å². The van der Waals surface area contributed by atoms with E-state index in [0.29, 0.717) is 19.0 Å². The van der Waals surface area contributed by atoms with E-state index in [1.54, 1.807) is 14.1 Å². The van der Waals surface area contributed by atoms with E-state index in [1.165, 1.54) is 17.2 Å². The van der Waals surface area contributed by atoms with E-state index in [-0.39, 0.29) is 48.8 Å². The van der Waals surface area contributed by atoms with Crippen LogP contribution in [0.1, 0.15) is 12.5 Å². The molecule has 0 aliphatic carbocycles. The first-order chi connectivity index (χ1) is 11.8. The Labute approximate surface area is 167 Å². The van der Waals surface area contributed by atoms with Gasteiger partial charge in [-0.1, -0.05) is 0 Å². The van der Waals surface area contributed by atoms with Crippen molar-refractivity contribution in [2.24, 2.45) is 4.99 Å². The highest BCUT2D eigenvalue weighted by atomic mass is 127. The zero-order valence-electron chi connectivity index (χ0n) is 14.9. The van der Waals surface area contributed by atoms with Crippen LogP contribution in [0.4, 0.5) is 19.0 Å². The van der Waals surface area contributed by atoms with Crippen molar-refractivity contribution >= 4 is 41.7 Å². The van der Waals surface area contributed by atoms with Crippen molar-refractivity contribution in [1.29, 1.82) is 0 Å². The van der Waals surface area contributed by atoms with Crippen molar-refractivity contribution in [3.05, 3.63) is 23.9 Å². The van der Waals surface area contributed by atoms with Gasteiger partial charge in [-0.2, -0.15) is 13.2 Å². The third-order valence-corrected chi connectivity index (χ3v) is 3.04. The Morgan fingerprint density at radius 1 is 1.27 bits per heavy atom. The van der Waals surface area contributed by atoms with Gasteiger partial charge in [-0.25, -0.2) is 9.98 Å². The van der Waals surface area contributed by atoms with E-state index < -0.39 is 11.7 Å². The lowest BCUT2D eigenvalue weighted by Crippen LogP contribution is -2.40. The fraction of sp³-hybridized carbons (Fsp3) is 0.533. The molecule has 0 fully saturated rings. The number of amides is 1. The van der Waals surface area contributed by atoms with Gasteiger partial charge in [0.2, 0.25) is 5.91 Å². The number of carbonyl (C=O) groups excluding carboxylic acids is 1. The second-order valence-electron chi connectivity index (χ2n) is 5.23. The van der Waals surface area contributed by atoms with Gasteiger partial charge in [0.05, 0.1) is 5.56 Å². The van der Waals surface area contributed by atoms with Crippen LogP contribution in [0.15, 0.2) is 23.3 Å². The maximum atomic E-state index is 12.9. The molecule has 0 spiro atoms. The van der Waals surface area contributed by atoms with Crippen LogP contribution in [-0.2, 0) is 11.0 Å². The molecule has 26 heavy (non-hydrogen) atoms. The zero-order chi connectivity index (χ0) is 18.9. The van der Waals surface area contributed by atoms with Crippen molar-refractivity contribution in [2.45, 2.75) is 13.1 Å². The molecule has 11 heteroatoms. The summed E-state index contributed by atoms with van der Waals surface area (Å²) >= 11 is 0. The average Bonchev–Trinajstić information content (AvgIpc) is 2.55. The summed E-state index contributed by atoms with van der Waals surface area (Å²) in [5, 5.41) is 8.54. The SMILES string of the molecule is CCNC(=NCC(=O)N(C)C)NCCNc1ncccc1C(F)(F)F.I. The third-order valence-electron chi connectivity index (χ3n) is 3.04. The molecule has 0 radical (unpaired) electrons. The van der Waals surface area contributed by atoms with E-state index in [0.717, 1.165) is 6.07 Å². The summed E-state index contributed by atoms with van der Waals surface area (Å²) in [6.07, 6.45) is -3.17. The summed E-state index contributed by atoms with van der Waals surface area (Å²) in [7, 11) is 3.26. The molecule has 0 aromatic carbocycles. The summed E-state index contributed by atoms with van der Waals surface area (Å²) in [5.74, 6) is 0.0386. The number of nitrogens with zero attached hydrogens (tertiary/aromatic N) is 3. The molecule has 1 aromatic rings. The lowest BCUT2D eigenvalue weighted by molar-refractivity contribution is -0.137. The minimum atomic E-state index is -4.47. The molecule has 7 nitrogen and oxygen atoms in total. The molecule has 0 unspecified atom stereocenters. The Kier molecular flexibility index (Phi) is 10.9. The van der Waals surface area contributed by atoms with Gasteiger partial charge < -0.3 is 20.9 Å². The molecular weight excluding hydrogens is 464 g/mol. The first-order valence-electron chi connectivity index (χ1n) is 7.74. The second kappa shape index (κ2) is 11.8. The molecule has 0 aliphatic heterocycles. The molecule has 1 amide bonds. The summed E-state index contributed by atoms with van der Waals surface area (Å²) in [6, 6.07) is 2.21. The first-order valence-corrected chi connectivity index (χ1v) is 7.74. The van der Waals surface area contributed by atoms with Crippen molar-refractivity contribution in [2.75, 3.05) is 45.6 Å². The Morgan fingerprint density at radius 2 is 1.96 bits per heavy atom. The molecule has 0 aliphatic rings. The number of carbonyl (C=O) groups is 1. The maximum Gasteiger partial charge on any atom is 0.419 e. The van der Waals surface area contributed by atoms with Crippen LogP contribution in [0.2, 0.25) is 0 Å². The predicted octanol–water partition coefficient (Wildman–Crippen LogP) is 1.77. The van der Waals surface area contributed by atoms with Gasteiger partial charge >= 0.3 is 6.18 Å². The fourth-order valence-corrected chi connectivity index (χ4v) is 1.77. The van der Waals surface area contributed by atoms with E-state index in [2.05, 4.69) is 25.9 Å². The minimum absolute atomic E-state index is 0. The van der Waals surface area contributed by atoms with Crippen LogP contribution in [0.25, 0.3) is 0 Å². The molecular formula is C15H24F3IN6O. The molecule has 1 heterocycles. The second-order valence-corrected chi connectivity index (χ2v) is 5.23. The summed E-state index contributed by atoms with van der Waals surface area (Å²) in [4.78, 5) is 20.8. The number of pyridine rings is 1. The van der Waals surface area contributed by atoms with E-state index >= 15 is 0 Å². The summed E-state index contributed by atoms with van der Waals surface area (Å²) in [5.41, 5.74) is -0.813. The van der Waals surface area contributed by atoms with Gasteiger partial charge in [0.15, 0.2) is 5.96 Å². The van der Waals surface area contributed by atoms with Crippen LogP contribution in [-0.4, -0.2) is 62.0 Å². The topological polar surface area (TPSA) is 81.7 Å². The number of guanidine groups is 1. The summed E-state index contributed by atoms with van der Waals surface area (Å²) in [6.45, 7) is 2.94. The number of hydrogen-bond donors (Lipinski definition) is 3. The Balaban J connectivity index is 0.00000625. The average molecular weight is 488 g/mol. The molecule has 0 bridgehead atoms. The standard InChI is InChI=1S/C15H23F3N6O.HI/c1-4-19-14(23-10-12(25)24(2)3)22-9-8-21-13-11(15(16,17)18)6-5-7-20-13;/h5-7H,4,8-10H2,1-3H3,(H,20,21)(H2,19,22,23);1H. The Hall–Kier alpha value is -1.79. The largest absolute Gasteiger partial charge is 0.419 e. The number of anilines is 1. The number of aliphatic imine (C=N–C) groups is 1. The van der Waals surface area contributed by atoms with Crippen LogP contribution >= 0.6 is 24.0 Å². The van der Waals surface area contributed by atoms with Gasteiger partial charge in [-0.05, 0) is 19.1 Å². The van der Waals surface area contributed by atoms with Crippen LogP contribution in [0.3, 0.4) is 0 Å². The molecule has 3 N–H and O–H groups in total. The normalized spacial score (nSPS) is 11.4. The number of rotatable bonds is 7. The zero-order valence-corrected chi connectivity index (χ0v) is 17.2. The maximum absolute atomic E-state index is 12.9. The Bertz CT molecular complexity index is 595. The van der Waals surface area contributed by atoms with Crippen molar-refractivity contribution in [3.63, 3.8) is 0 Å². The lowest BCUT2D eigenvalue weighted by Gasteiger charge is -2.15. The van der Waals surface area contributed by atoms with Gasteiger partial charge in [-0.15, -0.1) is 24.0 Å². The molecule has 1 rings (SSSR count). The first kappa shape index (κ1) is 24.2. The van der Waals surface area contributed by atoms with Crippen molar-refractivity contribution in [3.8, 4) is 0 Å². The van der Waals surface area contributed by atoms with E-state index in [4.69, 9.17) is 0 Å². The number of likely N-dealkylation sites (N-methyl/N-ethyl adjacent to an activating group) is 1. The highest BCUT2D eigenvalue weighted by molar-refractivity contribution is 14.0. The lowest BCUT2D eigenvalue weighted by atomic mass is 10.2. The monoisotopic (exact) mass is 488 g/mol. The molecule has 148 valence electrons. The molecule has 0 saturated carbocycles. The molecule has 0 atom stereocenters. The smallest absolute Gasteiger partial charge is 0.368 e. The number of hydrogen-bond acceptors (Lipinski definition) is 4. The van der Waals surface area contributed by atoms with Gasteiger partial charge in [0.1, 0.15) is 12.4 Å². The molecule has 0 saturated heterocycles. The van der Waals surface area contributed by atoms with Crippen LogP contribution in [0.5, 0.6) is 0 Å². The highest BCUT2D eigenvalue weighted by Gasteiger charge is 2.33.